The number of rotatable bonds is 3. The van der Waals surface area contributed by atoms with Crippen molar-refractivity contribution in [3.05, 3.63) is 48.0 Å². The van der Waals surface area contributed by atoms with Gasteiger partial charge in [-0.3, -0.25) is 4.79 Å². The number of primary amides is 1. The molecule has 0 unspecified atom stereocenters. The molecule has 0 aliphatic carbocycles. The number of carbonyl (C=O) groups is 1. The molecule has 5 heteroatoms. The molecule has 0 aliphatic heterocycles. The van der Waals surface area contributed by atoms with Gasteiger partial charge in [0.15, 0.2) is 0 Å². The molecule has 0 fully saturated rings. The normalized spacial score (nSPS) is 10.0. The van der Waals surface area contributed by atoms with Crippen LogP contribution >= 0.6 is 0 Å². The largest absolute Gasteiger partial charge is 0.455 e. The van der Waals surface area contributed by atoms with Gasteiger partial charge in [0.25, 0.3) is 5.91 Å². The van der Waals surface area contributed by atoms with E-state index >= 15 is 0 Å². The monoisotopic (exact) mass is 243 g/mol. The Morgan fingerprint density at radius 1 is 1.00 bits per heavy atom. The maximum atomic E-state index is 11.2. The Labute approximate surface area is 104 Å². The second kappa shape index (κ2) is 4.67. The zero-order valence-corrected chi connectivity index (χ0v) is 9.59. The summed E-state index contributed by atoms with van der Waals surface area (Å²) in [6.45, 7) is 0. The van der Waals surface area contributed by atoms with Crippen molar-refractivity contribution in [2.24, 2.45) is 5.73 Å². The second-order valence-corrected chi connectivity index (χ2v) is 3.75. The predicted octanol–water partition coefficient (Wildman–Crippen LogP) is 1.74. The topological polar surface area (TPSA) is 104 Å². The van der Waals surface area contributed by atoms with Crippen molar-refractivity contribution < 1.29 is 9.53 Å². The van der Waals surface area contributed by atoms with Crippen LogP contribution in [0.15, 0.2) is 42.5 Å². The Kier molecular flexibility index (Phi) is 3.05. The first kappa shape index (κ1) is 11.8. The average molecular weight is 243 g/mol. The van der Waals surface area contributed by atoms with Gasteiger partial charge in [-0.2, -0.15) is 0 Å². The molecule has 2 rings (SSSR count). The van der Waals surface area contributed by atoms with Gasteiger partial charge in [-0.15, -0.1) is 0 Å². The summed E-state index contributed by atoms with van der Waals surface area (Å²) in [5.74, 6) is 0.368. The van der Waals surface area contributed by atoms with E-state index in [0.717, 1.165) is 0 Å². The summed E-state index contributed by atoms with van der Waals surface area (Å²) in [5, 5.41) is 0. The quantitative estimate of drug-likeness (QED) is 0.714. The van der Waals surface area contributed by atoms with E-state index in [9.17, 15) is 4.79 Å². The third-order valence-corrected chi connectivity index (χ3v) is 2.44. The van der Waals surface area contributed by atoms with Crippen LogP contribution in [0.4, 0.5) is 11.4 Å². The van der Waals surface area contributed by atoms with E-state index in [1.54, 1.807) is 36.4 Å². The van der Waals surface area contributed by atoms with Gasteiger partial charge in [0.2, 0.25) is 0 Å². The molecule has 0 bridgehead atoms. The summed E-state index contributed by atoms with van der Waals surface area (Å²) in [7, 11) is 0. The molecule has 2 aromatic carbocycles. The van der Waals surface area contributed by atoms with Gasteiger partial charge in [-0.25, -0.2) is 0 Å². The molecule has 0 saturated carbocycles. The highest BCUT2D eigenvalue weighted by molar-refractivity contribution is 5.98. The van der Waals surface area contributed by atoms with Crippen molar-refractivity contribution in [2.45, 2.75) is 0 Å². The molecule has 0 spiro atoms. The Morgan fingerprint density at radius 2 is 1.72 bits per heavy atom. The lowest BCUT2D eigenvalue weighted by atomic mass is 10.1. The number of hydrogen-bond acceptors (Lipinski definition) is 4. The highest BCUT2D eigenvalue weighted by Gasteiger charge is 2.08. The number of benzene rings is 2. The van der Waals surface area contributed by atoms with Crippen LogP contribution < -0.4 is 21.9 Å². The molecule has 0 heterocycles. The van der Waals surface area contributed by atoms with Crippen molar-refractivity contribution in [2.75, 3.05) is 11.5 Å². The van der Waals surface area contributed by atoms with Crippen LogP contribution in [0.5, 0.6) is 11.5 Å². The number of hydrogen-bond donors (Lipinski definition) is 3. The maximum Gasteiger partial charge on any atom is 0.250 e. The molecule has 5 nitrogen and oxygen atoms in total. The molecule has 0 atom stereocenters. The lowest BCUT2D eigenvalue weighted by Crippen LogP contribution is -2.13. The van der Waals surface area contributed by atoms with Crippen molar-refractivity contribution in [1.29, 1.82) is 0 Å². The summed E-state index contributed by atoms with van der Waals surface area (Å²) >= 11 is 0. The Morgan fingerprint density at radius 3 is 2.39 bits per heavy atom. The van der Waals surface area contributed by atoms with E-state index in [0.29, 0.717) is 22.9 Å². The summed E-state index contributed by atoms with van der Waals surface area (Å²) in [5.41, 5.74) is 17.6. The first-order chi connectivity index (χ1) is 8.58. The second-order valence-electron chi connectivity index (χ2n) is 3.75. The predicted molar refractivity (Wildman–Crippen MR) is 70.3 cm³/mol. The van der Waals surface area contributed by atoms with Crippen LogP contribution in [0.25, 0.3) is 0 Å². The standard InChI is InChI=1S/C13H13N3O2/c14-10-6-5-8(7-9(10)13(16)17)18-12-4-2-1-3-11(12)15/h1-7H,14-15H2,(H2,16,17). The van der Waals surface area contributed by atoms with Gasteiger partial charge < -0.3 is 21.9 Å². The van der Waals surface area contributed by atoms with Crippen LogP contribution in [0.2, 0.25) is 0 Å². The number of nitrogens with two attached hydrogens (primary N) is 3. The number of carbonyl (C=O) groups excluding carboxylic acids is 1. The van der Waals surface area contributed by atoms with Crippen LogP contribution in [0, 0.1) is 0 Å². The third kappa shape index (κ3) is 2.35. The highest BCUT2D eigenvalue weighted by atomic mass is 16.5. The molecule has 18 heavy (non-hydrogen) atoms. The minimum Gasteiger partial charge on any atom is -0.455 e. The molecule has 1 amide bonds. The maximum absolute atomic E-state index is 11.2. The first-order valence-corrected chi connectivity index (χ1v) is 5.29. The van der Waals surface area contributed by atoms with E-state index in [4.69, 9.17) is 21.9 Å². The molecule has 0 aliphatic rings. The molecular formula is C13H13N3O2. The van der Waals surface area contributed by atoms with E-state index in [2.05, 4.69) is 0 Å². The first-order valence-electron chi connectivity index (χ1n) is 5.29. The van der Waals surface area contributed by atoms with Crippen LogP contribution in [0.1, 0.15) is 10.4 Å². The van der Waals surface area contributed by atoms with Crippen LogP contribution in [-0.2, 0) is 0 Å². The Hall–Kier alpha value is -2.69. The lowest BCUT2D eigenvalue weighted by Gasteiger charge is -2.09. The van der Waals surface area contributed by atoms with Crippen molar-refractivity contribution in [3.8, 4) is 11.5 Å². The molecule has 6 N–H and O–H groups in total. The van der Waals surface area contributed by atoms with Gasteiger partial charge in [0.05, 0.1) is 11.3 Å². The fourth-order valence-electron chi connectivity index (χ4n) is 1.51. The van der Waals surface area contributed by atoms with Crippen molar-refractivity contribution in [1.82, 2.24) is 0 Å². The van der Waals surface area contributed by atoms with E-state index in [-0.39, 0.29) is 5.56 Å². The number of ether oxygens (including phenoxy) is 1. The highest BCUT2D eigenvalue weighted by Crippen LogP contribution is 2.28. The summed E-state index contributed by atoms with van der Waals surface area (Å²) in [6, 6.07) is 11.8. The van der Waals surface area contributed by atoms with E-state index in [1.807, 2.05) is 0 Å². The molecule has 2 aromatic rings. The minimum atomic E-state index is -0.598. The lowest BCUT2D eigenvalue weighted by molar-refractivity contribution is 0.100. The molecular weight excluding hydrogens is 230 g/mol. The van der Waals surface area contributed by atoms with Crippen LogP contribution in [-0.4, -0.2) is 5.91 Å². The SMILES string of the molecule is NC(=O)c1cc(Oc2ccccc2N)ccc1N. The molecule has 0 aromatic heterocycles. The number of para-hydroxylation sites is 2. The fraction of sp³-hybridized carbons (Fsp3) is 0. The fourth-order valence-corrected chi connectivity index (χ4v) is 1.51. The number of amides is 1. The molecule has 0 saturated heterocycles. The van der Waals surface area contributed by atoms with E-state index in [1.165, 1.54) is 6.07 Å². The summed E-state index contributed by atoms with van der Waals surface area (Å²) < 4.78 is 5.57. The smallest absolute Gasteiger partial charge is 0.250 e. The zero-order valence-electron chi connectivity index (χ0n) is 9.59. The van der Waals surface area contributed by atoms with Gasteiger partial charge in [-0.1, -0.05) is 12.1 Å². The number of nitrogen functional groups attached to an aromatic ring is 2. The van der Waals surface area contributed by atoms with Gasteiger partial charge in [0.1, 0.15) is 11.5 Å². The molecule has 92 valence electrons. The zero-order chi connectivity index (χ0) is 13.1. The van der Waals surface area contributed by atoms with Gasteiger partial charge in [0, 0.05) is 5.69 Å². The summed E-state index contributed by atoms with van der Waals surface area (Å²) in [6.07, 6.45) is 0. The number of anilines is 2. The third-order valence-electron chi connectivity index (χ3n) is 2.44. The van der Waals surface area contributed by atoms with Gasteiger partial charge >= 0.3 is 0 Å². The van der Waals surface area contributed by atoms with E-state index < -0.39 is 5.91 Å². The minimum absolute atomic E-state index is 0.224. The average Bonchev–Trinajstić information content (AvgIpc) is 2.34. The van der Waals surface area contributed by atoms with Gasteiger partial charge in [-0.05, 0) is 30.3 Å². The Bertz CT molecular complexity index is 597. The van der Waals surface area contributed by atoms with Crippen molar-refractivity contribution >= 4 is 17.3 Å². The Balaban J connectivity index is 2.33. The summed E-state index contributed by atoms with van der Waals surface area (Å²) in [4.78, 5) is 11.2. The van der Waals surface area contributed by atoms with Crippen LogP contribution in [0.3, 0.4) is 0 Å². The molecule has 0 radical (unpaired) electrons. The van der Waals surface area contributed by atoms with Crippen molar-refractivity contribution in [3.63, 3.8) is 0 Å².